The van der Waals surface area contributed by atoms with Crippen LogP contribution in [0.1, 0.15) is 13.3 Å². The highest BCUT2D eigenvalue weighted by Crippen LogP contribution is 1.95. The number of aliphatic carboxylic acids is 1. The second kappa shape index (κ2) is 3.05. The first kappa shape index (κ1) is 6.99. The Morgan fingerprint density at radius 2 is 2.38 bits per heavy atom. The summed E-state index contributed by atoms with van der Waals surface area (Å²) in [5, 5.41) is 8.23. The molecule has 44 valence electrons. The van der Waals surface area contributed by atoms with Crippen LogP contribution >= 0.6 is 0 Å². The van der Waals surface area contributed by atoms with E-state index in [4.69, 9.17) is 5.11 Å². The third-order valence-electron chi connectivity index (χ3n) is 0.825. The molecule has 0 aromatic heterocycles. The number of hydrogen-bond donors (Lipinski definition) is 1. The number of carboxylic acids is 1. The van der Waals surface area contributed by atoms with E-state index in [0.717, 1.165) is 0 Å². The molecule has 0 aromatic carbocycles. The minimum absolute atomic E-state index is 0.241. The van der Waals surface area contributed by atoms with Crippen molar-refractivity contribution >= 4 is 5.97 Å². The molecular weight excluding hydrogens is 104 g/mol. The molecule has 0 amide bonds. The van der Waals surface area contributed by atoms with Gasteiger partial charge in [-0.05, 0) is 6.42 Å². The molecule has 1 N–H and O–H groups in total. The van der Waals surface area contributed by atoms with Gasteiger partial charge in [0.15, 0.2) is 0 Å². The molecule has 0 aliphatic carbocycles. The van der Waals surface area contributed by atoms with Crippen molar-refractivity contribution < 1.29 is 9.90 Å². The minimum Gasteiger partial charge on any atom is -0.477 e. The van der Waals surface area contributed by atoms with E-state index in [1.165, 1.54) is 0 Å². The lowest BCUT2D eigenvalue weighted by molar-refractivity contribution is -0.132. The smallest absolute Gasteiger partial charge is 0.339 e. The molecule has 0 bridgehead atoms. The number of carbonyl (C=O) groups is 1. The average Bonchev–Trinajstić information content (AvgIpc) is 1.69. The molecular formula is C6H8O2. The molecule has 2 heteroatoms. The Balaban J connectivity index is 4.14. The summed E-state index contributed by atoms with van der Waals surface area (Å²) in [7, 11) is 0. The number of carboxylic acid groups (broad SMARTS) is 1. The summed E-state index contributed by atoms with van der Waals surface area (Å²) >= 11 is 0. The maximum atomic E-state index is 10.0. The fraction of sp³-hybridized carbons (Fsp3) is 0.333. The van der Waals surface area contributed by atoms with Crippen LogP contribution in [0.3, 0.4) is 0 Å². The van der Waals surface area contributed by atoms with Gasteiger partial charge in [0.1, 0.15) is 0 Å². The van der Waals surface area contributed by atoms with Crippen molar-refractivity contribution in [3.63, 3.8) is 0 Å². The summed E-state index contributed by atoms with van der Waals surface area (Å²) in [5.74, 6) is -0.928. The second-order valence-corrected chi connectivity index (χ2v) is 1.31. The van der Waals surface area contributed by atoms with Gasteiger partial charge in [0, 0.05) is 0 Å². The van der Waals surface area contributed by atoms with Crippen LogP contribution < -0.4 is 0 Å². The lowest BCUT2D eigenvalue weighted by Crippen LogP contribution is -1.96. The predicted octanol–water partition coefficient (Wildman–Crippen LogP) is 1.19. The second-order valence-electron chi connectivity index (χ2n) is 1.31. The molecule has 0 rings (SSSR count). The Morgan fingerprint density at radius 1 is 1.88 bits per heavy atom. The third kappa shape index (κ3) is 1.63. The van der Waals surface area contributed by atoms with Crippen LogP contribution in [-0.2, 0) is 4.79 Å². The van der Waals surface area contributed by atoms with Crippen LogP contribution in [0.5, 0.6) is 0 Å². The van der Waals surface area contributed by atoms with E-state index < -0.39 is 5.97 Å². The third-order valence-corrected chi connectivity index (χ3v) is 0.825. The van der Waals surface area contributed by atoms with Gasteiger partial charge in [0.05, 0.1) is 5.57 Å². The topological polar surface area (TPSA) is 37.3 Å². The first-order chi connectivity index (χ1) is 3.72. The summed E-state index contributed by atoms with van der Waals surface area (Å²) in [6.07, 6.45) is 0.485. The highest BCUT2D eigenvalue weighted by atomic mass is 16.4. The summed E-state index contributed by atoms with van der Waals surface area (Å²) < 4.78 is 0. The van der Waals surface area contributed by atoms with Crippen molar-refractivity contribution in [1.29, 1.82) is 0 Å². The Hall–Kier alpha value is -1.01. The molecule has 8 heavy (non-hydrogen) atoms. The monoisotopic (exact) mass is 112 g/mol. The van der Waals surface area contributed by atoms with Gasteiger partial charge in [-0.25, -0.2) is 4.79 Å². The van der Waals surface area contributed by atoms with Crippen LogP contribution in [0.15, 0.2) is 17.9 Å². The first-order valence-electron chi connectivity index (χ1n) is 2.34. The fourth-order valence-corrected chi connectivity index (χ4v) is 0.352. The maximum Gasteiger partial charge on any atom is 0.339 e. The molecule has 2 nitrogen and oxygen atoms in total. The summed E-state index contributed by atoms with van der Waals surface area (Å²) in [6, 6.07) is 0. The van der Waals surface area contributed by atoms with E-state index in [-0.39, 0.29) is 5.57 Å². The maximum absolute atomic E-state index is 10.0. The van der Waals surface area contributed by atoms with Crippen molar-refractivity contribution in [3.05, 3.63) is 17.9 Å². The molecule has 0 atom stereocenters. The molecule has 0 unspecified atom stereocenters. The Bertz CT molecular complexity index is 141. The Labute approximate surface area is 48.1 Å². The highest BCUT2D eigenvalue weighted by Gasteiger charge is 1.99. The summed E-state index contributed by atoms with van der Waals surface area (Å²) in [6.45, 7) is 4.96. The zero-order valence-electron chi connectivity index (χ0n) is 4.77. The van der Waals surface area contributed by atoms with Crippen molar-refractivity contribution in [3.8, 4) is 0 Å². The van der Waals surface area contributed by atoms with Crippen LogP contribution in [-0.4, -0.2) is 11.1 Å². The Kier molecular flexibility index (Phi) is 2.67. The van der Waals surface area contributed by atoms with Crippen LogP contribution in [0.4, 0.5) is 0 Å². The quantitative estimate of drug-likeness (QED) is 0.430. The van der Waals surface area contributed by atoms with Gasteiger partial charge < -0.3 is 5.11 Å². The van der Waals surface area contributed by atoms with Crippen molar-refractivity contribution in [2.75, 3.05) is 0 Å². The summed E-state index contributed by atoms with van der Waals surface area (Å²) in [4.78, 5) is 10.0. The number of hydrogen-bond acceptors (Lipinski definition) is 1. The van der Waals surface area contributed by atoms with E-state index in [1.807, 2.05) is 0 Å². The first-order valence-corrected chi connectivity index (χ1v) is 2.34. The van der Waals surface area contributed by atoms with Crippen LogP contribution in [0, 0.1) is 0 Å². The van der Waals surface area contributed by atoms with Crippen molar-refractivity contribution in [1.82, 2.24) is 0 Å². The molecule has 0 radical (unpaired) electrons. The molecule has 0 heterocycles. The van der Waals surface area contributed by atoms with Gasteiger partial charge in [-0.1, -0.05) is 13.5 Å². The lowest BCUT2D eigenvalue weighted by Gasteiger charge is -1.87. The van der Waals surface area contributed by atoms with E-state index in [0.29, 0.717) is 6.42 Å². The average molecular weight is 112 g/mol. The largest absolute Gasteiger partial charge is 0.477 e. The predicted molar refractivity (Wildman–Crippen MR) is 30.6 cm³/mol. The van der Waals surface area contributed by atoms with E-state index >= 15 is 0 Å². The normalized spacial score (nSPS) is 7.62. The van der Waals surface area contributed by atoms with Gasteiger partial charge >= 0.3 is 5.97 Å². The molecule has 0 aliphatic rings. The molecule has 0 saturated carbocycles. The zero-order chi connectivity index (χ0) is 6.57. The van der Waals surface area contributed by atoms with E-state index in [9.17, 15) is 4.79 Å². The molecule has 0 aliphatic heterocycles. The van der Waals surface area contributed by atoms with Gasteiger partial charge in [-0.15, -0.1) is 5.73 Å². The molecule has 0 spiro atoms. The molecule has 0 fully saturated rings. The standard InChI is InChI=1S/C6H8O2/c1-3-5(4-2)6(7)8/h1,4H2,2H3,(H,7,8). The Morgan fingerprint density at radius 3 is 2.38 bits per heavy atom. The SMILES string of the molecule is C=C=C(CC)C(=O)O. The zero-order valence-corrected chi connectivity index (χ0v) is 4.77. The highest BCUT2D eigenvalue weighted by molar-refractivity contribution is 5.86. The lowest BCUT2D eigenvalue weighted by atomic mass is 10.2. The molecule has 0 aromatic rings. The van der Waals surface area contributed by atoms with Gasteiger partial charge in [0.2, 0.25) is 0 Å². The minimum atomic E-state index is -0.928. The van der Waals surface area contributed by atoms with Gasteiger partial charge in [-0.3, -0.25) is 0 Å². The fourth-order valence-electron chi connectivity index (χ4n) is 0.352. The van der Waals surface area contributed by atoms with Gasteiger partial charge in [-0.2, -0.15) is 0 Å². The molecule has 0 saturated heterocycles. The number of rotatable bonds is 2. The van der Waals surface area contributed by atoms with Gasteiger partial charge in [0.25, 0.3) is 0 Å². The van der Waals surface area contributed by atoms with Crippen LogP contribution in [0.2, 0.25) is 0 Å². The van der Waals surface area contributed by atoms with E-state index in [1.54, 1.807) is 6.92 Å². The van der Waals surface area contributed by atoms with Crippen molar-refractivity contribution in [2.45, 2.75) is 13.3 Å². The van der Waals surface area contributed by atoms with E-state index in [2.05, 4.69) is 12.3 Å². The summed E-state index contributed by atoms with van der Waals surface area (Å²) in [5.41, 5.74) is 2.56. The van der Waals surface area contributed by atoms with Crippen LogP contribution in [0.25, 0.3) is 0 Å². The van der Waals surface area contributed by atoms with Crippen molar-refractivity contribution in [2.24, 2.45) is 0 Å².